The summed E-state index contributed by atoms with van der Waals surface area (Å²) in [7, 11) is 2.20. The molecular formula is C21H29F3N4O. The average molecular weight is 410 g/mol. The molecule has 0 aromatic carbocycles. The molecule has 0 radical (unpaired) electrons. The molecule has 0 amide bonds. The van der Waals surface area contributed by atoms with Gasteiger partial charge in [-0.25, -0.2) is 0 Å². The van der Waals surface area contributed by atoms with Crippen LogP contribution in [0.25, 0.3) is 0 Å². The number of likely N-dealkylation sites (tertiary alicyclic amines) is 1. The van der Waals surface area contributed by atoms with Crippen molar-refractivity contribution >= 4 is 0 Å². The summed E-state index contributed by atoms with van der Waals surface area (Å²) in [6, 6.07) is 2.29. The van der Waals surface area contributed by atoms with Crippen LogP contribution in [0.3, 0.4) is 0 Å². The summed E-state index contributed by atoms with van der Waals surface area (Å²) in [6.07, 6.45) is 0.457. The van der Waals surface area contributed by atoms with Crippen LogP contribution >= 0.6 is 0 Å². The third kappa shape index (κ3) is 4.38. The van der Waals surface area contributed by atoms with E-state index in [0.29, 0.717) is 30.6 Å². The maximum absolute atomic E-state index is 13.0. The van der Waals surface area contributed by atoms with Crippen LogP contribution in [0, 0.1) is 0 Å². The number of nitrogens with zero attached hydrogens (tertiary/aromatic N) is 4. The highest BCUT2D eigenvalue weighted by atomic mass is 19.4. The Labute approximate surface area is 170 Å². The van der Waals surface area contributed by atoms with Crippen LogP contribution in [0.5, 0.6) is 0 Å². The first-order valence-electron chi connectivity index (χ1n) is 10.4. The van der Waals surface area contributed by atoms with E-state index in [2.05, 4.69) is 33.3 Å². The van der Waals surface area contributed by atoms with E-state index in [4.69, 9.17) is 4.74 Å². The highest BCUT2D eigenvalue weighted by Crippen LogP contribution is 2.32. The summed E-state index contributed by atoms with van der Waals surface area (Å²) in [5.41, 5.74) is 0.742. The van der Waals surface area contributed by atoms with Gasteiger partial charge in [-0.3, -0.25) is 9.88 Å². The molecule has 2 saturated heterocycles. The van der Waals surface area contributed by atoms with Crippen LogP contribution in [0.15, 0.2) is 24.7 Å². The van der Waals surface area contributed by atoms with Gasteiger partial charge < -0.3 is 14.5 Å². The lowest BCUT2D eigenvalue weighted by molar-refractivity contribution is -0.137. The van der Waals surface area contributed by atoms with Crippen molar-refractivity contribution in [2.75, 3.05) is 39.9 Å². The summed E-state index contributed by atoms with van der Waals surface area (Å²) in [4.78, 5) is 10.9. The van der Waals surface area contributed by atoms with Gasteiger partial charge in [0, 0.05) is 69.8 Å². The second-order valence-corrected chi connectivity index (χ2v) is 8.31. The lowest BCUT2D eigenvalue weighted by atomic mass is 10.0. The molecule has 0 saturated carbocycles. The molecule has 160 valence electrons. The van der Waals surface area contributed by atoms with E-state index in [1.165, 1.54) is 6.07 Å². The summed E-state index contributed by atoms with van der Waals surface area (Å²) < 4.78 is 44.6. The van der Waals surface area contributed by atoms with Gasteiger partial charge in [0.15, 0.2) is 0 Å². The molecule has 1 unspecified atom stereocenters. The van der Waals surface area contributed by atoms with Crippen molar-refractivity contribution in [2.24, 2.45) is 0 Å². The van der Waals surface area contributed by atoms with Gasteiger partial charge in [0.25, 0.3) is 0 Å². The van der Waals surface area contributed by atoms with E-state index < -0.39 is 11.7 Å². The van der Waals surface area contributed by atoms with Gasteiger partial charge in [-0.05, 0) is 37.9 Å². The van der Waals surface area contributed by atoms with Gasteiger partial charge in [0.1, 0.15) is 0 Å². The number of ether oxygens (including phenoxy) is 1. The first-order chi connectivity index (χ1) is 13.8. The van der Waals surface area contributed by atoms with Crippen molar-refractivity contribution in [3.8, 4) is 0 Å². The van der Waals surface area contributed by atoms with E-state index in [1.807, 2.05) is 0 Å². The van der Waals surface area contributed by atoms with Crippen molar-refractivity contribution in [3.63, 3.8) is 0 Å². The molecule has 3 aliphatic rings. The summed E-state index contributed by atoms with van der Waals surface area (Å²) in [6.45, 7) is 8.96. The molecule has 8 heteroatoms. The van der Waals surface area contributed by atoms with Crippen molar-refractivity contribution in [1.82, 2.24) is 19.7 Å². The maximum atomic E-state index is 13.0. The molecule has 2 fully saturated rings. The molecule has 0 aliphatic carbocycles. The first-order valence-corrected chi connectivity index (χ1v) is 10.4. The molecule has 4 heterocycles. The molecule has 1 aromatic rings. The topological polar surface area (TPSA) is 31.8 Å². The number of likely N-dealkylation sites (N-methyl/N-ethyl adjacent to an activating group) is 1. The highest BCUT2D eigenvalue weighted by molar-refractivity contribution is 5.29. The van der Waals surface area contributed by atoms with Crippen molar-refractivity contribution in [2.45, 2.75) is 50.5 Å². The number of pyridine rings is 1. The average Bonchev–Trinajstić information content (AvgIpc) is 3.22. The van der Waals surface area contributed by atoms with Crippen LogP contribution in [0.1, 0.15) is 36.1 Å². The smallest absolute Gasteiger partial charge is 0.381 e. The standard InChI is InChI=1S/C21H29F3N4O/c1-15(28-7-3-19(14-28)26(2)18-5-9-29-10-6-18)27-8-4-20-16(13-27)11-17(12-25-20)21(22,23)24/h11-12,18-19H,1,3-10,13-14H2,2H3. The molecular weight excluding hydrogens is 381 g/mol. The van der Waals surface area contributed by atoms with Crippen LogP contribution < -0.4 is 0 Å². The van der Waals surface area contributed by atoms with E-state index >= 15 is 0 Å². The molecule has 5 nitrogen and oxygen atoms in total. The maximum Gasteiger partial charge on any atom is 0.417 e. The number of alkyl halides is 3. The summed E-state index contributed by atoms with van der Waals surface area (Å²) in [5.74, 6) is 0.913. The number of hydrogen-bond donors (Lipinski definition) is 0. The zero-order valence-electron chi connectivity index (χ0n) is 16.9. The minimum absolute atomic E-state index is 0.433. The largest absolute Gasteiger partial charge is 0.417 e. The van der Waals surface area contributed by atoms with Crippen molar-refractivity contribution < 1.29 is 17.9 Å². The lowest BCUT2D eigenvalue weighted by Gasteiger charge is -2.38. The Hall–Kier alpha value is -1.80. The number of fused-ring (bicyclic) bond motifs is 1. The van der Waals surface area contributed by atoms with E-state index in [1.54, 1.807) is 0 Å². The van der Waals surface area contributed by atoms with Crippen LogP contribution in [0.4, 0.5) is 13.2 Å². The molecule has 0 bridgehead atoms. The Morgan fingerprint density at radius 2 is 1.93 bits per heavy atom. The number of rotatable bonds is 4. The number of aromatic nitrogens is 1. The number of halogens is 3. The Bertz CT molecular complexity index is 748. The molecule has 1 atom stereocenters. The van der Waals surface area contributed by atoms with Crippen LogP contribution in [0.2, 0.25) is 0 Å². The van der Waals surface area contributed by atoms with Gasteiger partial charge in [0.2, 0.25) is 0 Å². The molecule has 29 heavy (non-hydrogen) atoms. The fourth-order valence-corrected chi connectivity index (χ4v) is 4.70. The number of hydrogen-bond acceptors (Lipinski definition) is 5. The highest BCUT2D eigenvalue weighted by Gasteiger charge is 2.34. The third-order valence-corrected chi connectivity index (χ3v) is 6.60. The zero-order chi connectivity index (χ0) is 20.6. The van der Waals surface area contributed by atoms with Crippen molar-refractivity contribution in [1.29, 1.82) is 0 Å². The normalized spacial score (nSPS) is 23.6. The van der Waals surface area contributed by atoms with E-state index in [-0.39, 0.29) is 0 Å². The van der Waals surface area contributed by atoms with Gasteiger partial charge in [-0.2, -0.15) is 13.2 Å². The third-order valence-electron chi connectivity index (χ3n) is 6.60. The Morgan fingerprint density at radius 3 is 2.66 bits per heavy atom. The molecule has 0 spiro atoms. The quantitative estimate of drug-likeness (QED) is 0.762. The fourth-order valence-electron chi connectivity index (χ4n) is 4.70. The molecule has 3 aliphatic heterocycles. The SMILES string of the molecule is C=C(N1CCc2ncc(C(F)(F)F)cc2C1)N1CCC(N(C)C2CCOCC2)C1. The molecule has 0 N–H and O–H groups in total. The summed E-state index contributed by atoms with van der Waals surface area (Å²) in [5, 5.41) is 0. The van der Waals surface area contributed by atoms with Gasteiger partial charge >= 0.3 is 6.18 Å². The predicted molar refractivity (Wildman–Crippen MR) is 104 cm³/mol. The second kappa shape index (κ2) is 8.14. The van der Waals surface area contributed by atoms with E-state index in [0.717, 1.165) is 69.8 Å². The van der Waals surface area contributed by atoms with Gasteiger partial charge in [0.05, 0.1) is 11.4 Å². The van der Waals surface area contributed by atoms with Crippen LogP contribution in [-0.4, -0.2) is 71.7 Å². The van der Waals surface area contributed by atoms with Gasteiger partial charge in [-0.15, -0.1) is 0 Å². The molecule has 1 aromatic heterocycles. The minimum atomic E-state index is -4.36. The van der Waals surface area contributed by atoms with Gasteiger partial charge in [-0.1, -0.05) is 6.58 Å². The van der Waals surface area contributed by atoms with E-state index in [9.17, 15) is 13.2 Å². The summed E-state index contributed by atoms with van der Waals surface area (Å²) >= 11 is 0. The monoisotopic (exact) mass is 410 g/mol. The molecule has 4 rings (SSSR count). The zero-order valence-corrected chi connectivity index (χ0v) is 16.9. The van der Waals surface area contributed by atoms with Crippen LogP contribution in [-0.2, 0) is 23.9 Å². The Kier molecular flexibility index (Phi) is 5.75. The van der Waals surface area contributed by atoms with Crippen molar-refractivity contribution in [3.05, 3.63) is 41.5 Å². The second-order valence-electron chi connectivity index (χ2n) is 8.31. The Morgan fingerprint density at radius 1 is 1.17 bits per heavy atom. The first kappa shape index (κ1) is 20.5. The minimum Gasteiger partial charge on any atom is -0.381 e. The fraction of sp³-hybridized carbons (Fsp3) is 0.667. The Balaban J connectivity index is 1.38. The predicted octanol–water partition coefficient (Wildman–Crippen LogP) is 3.11. The lowest BCUT2D eigenvalue weighted by Crippen LogP contribution is -2.45.